The van der Waals surface area contributed by atoms with E-state index in [9.17, 15) is 24.5 Å². The molecule has 11 heteroatoms. The molecule has 0 aromatic heterocycles. The van der Waals surface area contributed by atoms with Gasteiger partial charge >= 0.3 is 5.97 Å². The second-order valence-electron chi connectivity index (χ2n) is 7.32. The number of nitrogens with one attached hydrogen (secondary N) is 1. The van der Waals surface area contributed by atoms with Crippen LogP contribution >= 0.6 is 0 Å². The van der Waals surface area contributed by atoms with Gasteiger partial charge in [-0.15, -0.1) is 0 Å². The normalized spacial score (nSPS) is 16.2. The van der Waals surface area contributed by atoms with Crippen molar-refractivity contribution in [2.24, 2.45) is 5.92 Å². The lowest BCUT2D eigenvalue weighted by molar-refractivity contribution is -0.384. The first-order valence-corrected chi connectivity index (χ1v) is 10.0. The van der Waals surface area contributed by atoms with Gasteiger partial charge in [-0.2, -0.15) is 0 Å². The van der Waals surface area contributed by atoms with E-state index in [0.29, 0.717) is 17.2 Å². The first-order valence-electron chi connectivity index (χ1n) is 10.0. The topological polar surface area (TPSA) is 137 Å². The third kappa shape index (κ3) is 5.37. The van der Waals surface area contributed by atoms with Crippen LogP contribution in [0.5, 0.6) is 11.5 Å². The number of anilines is 2. The largest absolute Gasteiger partial charge is 0.497 e. The molecule has 3 rings (SSSR count). The molecule has 1 N–H and O–H groups in total. The zero-order valence-corrected chi connectivity index (χ0v) is 18.3. The molecule has 2 aromatic rings. The molecule has 2 amide bonds. The van der Waals surface area contributed by atoms with Gasteiger partial charge < -0.3 is 24.4 Å². The minimum atomic E-state index is -1.17. The van der Waals surface area contributed by atoms with Gasteiger partial charge in [-0.05, 0) is 25.1 Å². The van der Waals surface area contributed by atoms with Crippen LogP contribution < -0.4 is 19.7 Å². The Morgan fingerprint density at radius 3 is 2.61 bits per heavy atom. The molecule has 174 valence electrons. The second-order valence-corrected chi connectivity index (χ2v) is 7.32. The summed E-state index contributed by atoms with van der Waals surface area (Å²) in [6.45, 7) is 1.45. The Morgan fingerprint density at radius 2 is 1.94 bits per heavy atom. The van der Waals surface area contributed by atoms with Gasteiger partial charge in [-0.25, -0.2) is 0 Å². The highest BCUT2D eigenvalue weighted by molar-refractivity contribution is 6.01. The fourth-order valence-corrected chi connectivity index (χ4v) is 3.37. The Balaban J connectivity index is 1.63. The van der Waals surface area contributed by atoms with Crippen LogP contribution in [0.4, 0.5) is 17.1 Å². The predicted octanol–water partition coefficient (Wildman–Crippen LogP) is 2.54. The second kappa shape index (κ2) is 9.98. The zero-order valence-electron chi connectivity index (χ0n) is 18.3. The molecule has 0 spiro atoms. The van der Waals surface area contributed by atoms with Crippen LogP contribution in [0.3, 0.4) is 0 Å². The van der Waals surface area contributed by atoms with E-state index in [2.05, 4.69) is 5.32 Å². The number of hydrogen-bond donors (Lipinski definition) is 1. The lowest BCUT2D eigenvalue weighted by Crippen LogP contribution is -2.33. The summed E-state index contributed by atoms with van der Waals surface area (Å²) >= 11 is 0. The molecule has 1 aliphatic heterocycles. The smallest absolute Gasteiger partial charge is 0.312 e. The molecule has 0 saturated carbocycles. The minimum absolute atomic E-state index is 0.0690. The number of nitro groups is 1. The monoisotopic (exact) mass is 457 g/mol. The van der Waals surface area contributed by atoms with Crippen molar-refractivity contribution >= 4 is 34.8 Å². The van der Waals surface area contributed by atoms with Gasteiger partial charge in [0, 0.05) is 36.9 Å². The maximum atomic E-state index is 12.6. The minimum Gasteiger partial charge on any atom is -0.497 e. The van der Waals surface area contributed by atoms with Crippen LogP contribution in [-0.4, -0.2) is 49.6 Å². The van der Waals surface area contributed by atoms with Crippen LogP contribution in [0, 0.1) is 16.0 Å². The van der Waals surface area contributed by atoms with Crippen molar-refractivity contribution in [2.75, 3.05) is 31.0 Å². The molecule has 0 unspecified atom stereocenters. The summed E-state index contributed by atoms with van der Waals surface area (Å²) in [6.07, 6.45) is -1.25. The Morgan fingerprint density at radius 1 is 1.18 bits per heavy atom. The summed E-state index contributed by atoms with van der Waals surface area (Å²) in [5.74, 6) is -1.42. The van der Waals surface area contributed by atoms with Crippen molar-refractivity contribution in [3.8, 4) is 11.5 Å². The summed E-state index contributed by atoms with van der Waals surface area (Å²) in [5, 5.41) is 13.3. The van der Waals surface area contributed by atoms with Crippen molar-refractivity contribution < 1.29 is 33.5 Å². The number of carbonyl (C=O) groups is 3. The third-order valence-corrected chi connectivity index (χ3v) is 5.12. The SMILES string of the molecule is COc1ccc(N2C[C@H](C(=O)O[C@H](C)C(=O)Nc3cccc([N+](=O)[O-])c3)CC2=O)c(OC)c1. The number of hydrogen-bond acceptors (Lipinski definition) is 8. The summed E-state index contributed by atoms with van der Waals surface area (Å²) in [5.41, 5.74) is 0.511. The lowest BCUT2D eigenvalue weighted by Gasteiger charge is -2.20. The van der Waals surface area contributed by atoms with Crippen molar-refractivity contribution in [1.82, 2.24) is 0 Å². The van der Waals surface area contributed by atoms with E-state index in [0.717, 1.165) is 0 Å². The van der Waals surface area contributed by atoms with E-state index in [-0.39, 0.29) is 30.2 Å². The van der Waals surface area contributed by atoms with Gasteiger partial charge in [0.1, 0.15) is 11.5 Å². The number of non-ortho nitro benzene ring substituents is 1. The average molecular weight is 457 g/mol. The number of carbonyl (C=O) groups excluding carboxylic acids is 3. The first-order chi connectivity index (χ1) is 15.7. The maximum Gasteiger partial charge on any atom is 0.312 e. The molecule has 1 aliphatic rings. The van der Waals surface area contributed by atoms with E-state index in [1.165, 1.54) is 50.3 Å². The number of nitro benzene ring substituents is 1. The van der Waals surface area contributed by atoms with Crippen molar-refractivity contribution in [1.29, 1.82) is 0 Å². The number of amides is 2. The highest BCUT2D eigenvalue weighted by Crippen LogP contribution is 2.36. The molecular weight excluding hydrogens is 434 g/mol. The molecule has 0 bridgehead atoms. The van der Waals surface area contributed by atoms with Gasteiger partial charge in [-0.3, -0.25) is 24.5 Å². The number of esters is 1. The summed E-state index contributed by atoms with van der Waals surface area (Å²) < 4.78 is 15.8. The molecule has 11 nitrogen and oxygen atoms in total. The Kier molecular flexibility index (Phi) is 7.11. The van der Waals surface area contributed by atoms with Crippen molar-refractivity contribution in [3.63, 3.8) is 0 Å². The summed E-state index contributed by atoms with van der Waals surface area (Å²) in [7, 11) is 2.98. The van der Waals surface area contributed by atoms with Gasteiger partial charge in [0.05, 0.1) is 30.7 Å². The molecule has 0 radical (unpaired) electrons. The standard InChI is InChI=1S/C22H23N3O8/c1-13(21(27)23-15-5-4-6-16(10-15)25(29)30)33-22(28)14-9-20(26)24(12-14)18-8-7-17(31-2)11-19(18)32-3/h4-8,10-11,13-14H,9,12H2,1-3H3,(H,23,27)/t13-,14-/m1/s1. The number of ether oxygens (including phenoxy) is 3. The maximum absolute atomic E-state index is 12.6. The molecule has 2 aromatic carbocycles. The highest BCUT2D eigenvalue weighted by atomic mass is 16.6. The van der Waals surface area contributed by atoms with E-state index in [4.69, 9.17) is 14.2 Å². The molecule has 1 fully saturated rings. The molecule has 1 saturated heterocycles. The van der Waals surface area contributed by atoms with Crippen LogP contribution in [0.15, 0.2) is 42.5 Å². The lowest BCUT2D eigenvalue weighted by atomic mass is 10.1. The van der Waals surface area contributed by atoms with Crippen LogP contribution in [0.2, 0.25) is 0 Å². The molecular formula is C22H23N3O8. The van der Waals surface area contributed by atoms with Gasteiger partial charge in [0.25, 0.3) is 11.6 Å². The molecule has 2 atom stereocenters. The number of methoxy groups -OCH3 is 2. The van der Waals surface area contributed by atoms with E-state index in [1.807, 2.05) is 0 Å². The van der Waals surface area contributed by atoms with E-state index < -0.39 is 28.8 Å². The fraction of sp³-hybridized carbons (Fsp3) is 0.318. The average Bonchev–Trinajstić information content (AvgIpc) is 3.20. The number of nitrogens with zero attached hydrogens (tertiary/aromatic N) is 2. The van der Waals surface area contributed by atoms with Crippen molar-refractivity contribution in [2.45, 2.75) is 19.4 Å². The van der Waals surface area contributed by atoms with E-state index >= 15 is 0 Å². The fourth-order valence-electron chi connectivity index (χ4n) is 3.37. The van der Waals surface area contributed by atoms with Gasteiger partial charge in [0.2, 0.25) is 5.91 Å². The Bertz CT molecular complexity index is 1090. The van der Waals surface area contributed by atoms with Gasteiger partial charge in [-0.1, -0.05) is 6.07 Å². The van der Waals surface area contributed by atoms with Gasteiger partial charge in [0.15, 0.2) is 6.10 Å². The van der Waals surface area contributed by atoms with E-state index in [1.54, 1.807) is 18.2 Å². The quantitative estimate of drug-likeness (QED) is 0.363. The Labute approximate surface area is 189 Å². The molecule has 1 heterocycles. The summed E-state index contributed by atoms with van der Waals surface area (Å²) in [6, 6.07) is 10.4. The number of benzene rings is 2. The Hall–Kier alpha value is -4.15. The highest BCUT2D eigenvalue weighted by Gasteiger charge is 2.38. The first kappa shape index (κ1) is 23.5. The summed E-state index contributed by atoms with van der Waals surface area (Å²) in [4.78, 5) is 49.3. The van der Waals surface area contributed by atoms with Crippen molar-refractivity contribution in [3.05, 3.63) is 52.6 Å². The predicted molar refractivity (Wildman–Crippen MR) is 117 cm³/mol. The van der Waals surface area contributed by atoms with Crippen LogP contribution in [-0.2, 0) is 19.1 Å². The van der Waals surface area contributed by atoms with Crippen LogP contribution in [0.1, 0.15) is 13.3 Å². The van der Waals surface area contributed by atoms with Crippen LogP contribution in [0.25, 0.3) is 0 Å². The zero-order chi connectivity index (χ0) is 24.1. The molecule has 0 aliphatic carbocycles. The third-order valence-electron chi connectivity index (χ3n) is 5.12. The molecule has 33 heavy (non-hydrogen) atoms. The number of rotatable bonds is 8.